The van der Waals surface area contributed by atoms with Gasteiger partial charge in [0, 0.05) is 32.4 Å². The Balaban J connectivity index is 1.54. The molecule has 1 aromatic rings. The zero-order chi connectivity index (χ0) is 18.3. The molecule has 6 nitrogen and oxygen atoms in total. The third-order valence-corrected chi connectivity index (χ3v) is 6.48. The highest BCUT2D eigenvalue weighted by molar-refractivity contribution is 5.94. The summed E-state index contributed by atoms with van der Waals surface area (Å²) < 4.78 is 7.58. The zero-order valence-electron chi connectivity index (χ0n) is 15.5. The fourth-order valence-corrected chi connectivity index (χ4v) is 4.79. The molecule has 1 N–H and O–H groups in total. The molecule has 2 aliphatic heterocycles. The number of hydrogen-bond donors (Lipinski definition) is 1. The summed E-state index contributed by atoms with van der Waals surface area (Å²) in [6, 6.07) is 1.83. The van der Waals surface area contributed by atoms with Crippen molar-refractivity contribution in [3.05, 3.63) is 33.2 Å². The van der Waals surface area contributed by atoms with Crippen molar-refractivity contribution in [2.75, 3.05) is 19.7 Å². The van der Waals surface area contributed by atoms with Gasteiger partial charge in [0.05, 0.1) is 11.7 Å². The first-order chi connectivity index (χ1) is 12.5. The average Bonchev–Trinajstić information content (AvgIpc) is 2.67. The highest BCUT2D eigenvalue weighted by Crippen LogP contribution is 2.35. The number of nitrogens with zero attached hydrogens (tertiary/aromatic N) is 2. The number of amides is 1. The maximum atomic E-state index is 13.0. The van der Waals surface area contributed by atoms with Gasteiger partial charge in [-0.1, -0.05) is 0 Å². The second-order valence-electron chi connectivity index (χ2n) is 7.96. The maximum Gasteiger partial charge on any atom is 0.263 e. The number of pyridine rings is 1. The van der Waals surface area contributed by atoms with Gasteiger partial charge in [-0.05, 0) is 63.0 Å². The van der Waals surface area contributed by atoms with E-state index in [0.717, 1.165) is 49.8 Å². The van der Waals surface area contributed by atoms with Gasteiger partial charge in [-0.3, -0.25) is 9.59 Å². The minimum absolute atomic E-state index is 0.181. The third-order valence-electron chi connectivity index (χ3n) is 6.48. The molecule has 1 aliphatic carbocycles. The molecular weight excluding hydrogens is 332 g/mol. The van der Waals surface area contributed by atoms with E-state index in [1.807, 2.05) is 6.07 Å². The number of aliphatic hydroxyl groups is 1. The van der Waals surface area contributed by atoms with Crippen molar-refractivity contribution in [1.82, 2.24) is 9.47 Å². The molecule has 3 heterocycles. The largest absolute Gasteiger partial charge is 0.390 e. The molecule has 2 saturated heterocycles. The number of hydrogen-bond acceptors (Lipinski definition) is 4. The van der Waals surface area contributed by atoms with E-state index in [9.17, 15) is 14.7 Å². The maximum absolute atomic E-state index is 13.0. The van der Waals surface area contributed by atoms with Crippen molar-refractivity contribution in [3.8, 4) is 0 Å². The van der Waals surface area contributed by atoms with Gasteiger partial charge in [-0.2, -0.15) is 0 Å². The summed E-state index contributed by atoms with van der Waals surface area (Å²) in [5.74, 6) is -0.181. The number of piperidine rings is 1. The number of rotatable bonds is 1. The molecule has 3 aliphatic rings. The topological polar surface area (TPSA) is 71.8 Å². The van der Waals surface area contributed by atoms with Crippen LogP contribution in [-0.2, 0) is 24.6 Å². The Labute approximate surface area is 153 Å². The molecule has 0 aromatic carbocycles. The second kappa shape index (κ2) is 6.82. The summed E-state index contributed by atoms with van der Waals surface area (Å²) in [6.45, 7) is 1.72. The number of aryl methyl sites for hydroxylation is 1. The van der Waals surface area contributed by atoms with Gasteiger partial charge in [0.2, 0.25) is 0 Å². The monoisotopic (exact) mass is 360 g/mol. The van der Waals surface area contributed by atoms with Crippen LogP contribution in [0.3, 0.4) is 0 Å². The average molecular weight is 360 g/mol. The van der Waals surface area contributed by atoms with E-state index in [1.165, 1.54) is 0 Å². The van der Waals surface area contributed by atoms with E-state index < -0.39 is 11.7 Å². The van der Waals surface area contributed by atoms with Crippen molar-refractivity contribution in [2.24, 2.45) is 7.05 Å². The molecule has 0 bridgehead atoms. The molecule has 142 valence electrons. The first-order valence-corrected chi connectivity index (χ1v) is 9.85. The number of aromatic nitrogens is 1. The van der Waals surface area contributed by atoms with Crippen LogP contribution in [0.25, 0.3) is 0 Å². The van der Waals surface area contributed by atoms with Crippen molar-refractivity contribution >= 4 is 5.91 Å². The van der Waals surface area contributed by atoms with E-state index >= 15 is 0 Å². The van der Waals surface area contributed by atoms with Gasteiger partial charge >= 0.3 is 0 Å². The lowest BCUT2D eigenvalue weighted by Crippen LogP contribution is -2.56. The van der Waals surface area contributed by atoms with Gasteiger partial charge in [0.1, 0.15) is 5.56 Å². The predicted molar refractivity (Wildman–Crippen MR) is 97.4 cm³/mol. The number of ether oxygens (including phenoxy) is 1. The van der Waals surface area contributed by atoms with Crippen LogP contribution in [-0.4, -0.2) is 51.9 Å². The molecule has 26 heavy (non-hydrogen) atoms. The highest BCUT2D eigenvalue weighted by atomic mass is 16.5. The summed E-state index contributed by atoms with van der Waals surface area (Å²) in [5, 5.41) is 10.4. The molecule has 0 radical (unpaired) electrons. The van der Waals surface area contributed by atoms with E-state index in [2.05, 4.69) is 0 Å². The summed E-state index contributed by atoms with van der Waals surface area (Å²) >= 11 is 0. The number of carbonyl (C=O) groups excluding carboxylic acids is 1. The van der Waals surface area contributed by atoms with Gasteiger partial charge in [0.25, 0.3) is 11.5 Å². The molecule has 1 amide bonds. The molecule has 6 heteroatoms. The van der Waals surface area contributed by atoms with Crippen molar-refractivity contribution in [3.63, 3.8) is 0 Å². The van der Waals surface area contributed by atoms with Gasteiger partial charge < -0.3 is 19.3 Å². The summed E-state index contributed by atoms with van der Waals surface area (Å²) in [7, 11) is 1.78. The summed E-state index contributed by atoms with van der Waals surface area (Å²) in [6.07, 6.45) is 6.52. The normalized spacial score (nSPS) is 25.2. The van der Waals surface area contributed by atoms with Gasteiger partial charge in [-0.25, -0.2) is 0 Å². The number of aliphatic hydroxyl groups excluding tert-OH is 1. The predicted octanol–water partition coefficient (Wildman–Crippen LogP) is 1.41. The molecule has 2 fully saturated rings. The molecule has 4 rings (SSSR count). The lowest BCUT2D eigenvalue weighted by Gasteiger charge is -2.46. The molecule has 1 spiro atoms. The fraction of sp³-hybridized carbons (Fsp3) is 0.700. The van der Waals surface area contributed by atoms with Crippen molar-refractivity contribution in [1.29, 1.82) is 0 Å². The Morgan fingerprint density at radius 3 is 2.69 bits per heavy atom. The third kappa shape index (κ3) is 2.89. The summed E-state index contributed by atoms with van der Waals surface area (Å²) in [5.41, 5.74) is 1.81. The Morgan fingerprint density at radius 2 is 1.96 bits per heavy atom. The number of carbonyl (C=O) groups is 1. The molecule has 1 atom stereocenters. The van der Waals surface area contributed by atoms with Crippen LogP contribution in [0.1, 0.15) is 60.1 Å². The number of likely N-dealkylation sites (tertiary alicyclic amines) is 1. The van der Waals surface area contributed by atoms with Crippen LogP contribution in [0.2, 0.25) is 0 Å². The van der Waals surface area contributed by atoms with Crippen LogP contribution >= 0.6 is 0 Å². The van der Waals surface area contributed by atoms with Crippen LogP contribution in [0, 0.1) is 0 Å². The Bertz CT molecular complexity index is 762. The van der Waals surface area contributed by atoms with Crippen LogP contribution in [0.15, 0.2) is 10.9 Å². The molecule has 1 aromatic heterocycles. The molecular formula is C20H28N2O4. The van der Waals surface area contributed by atoms with Crippen LogP contribution < -0.4 is 5.56 Å². The van der Waals surface area contributed by atoms with Crippen molar-refractivity contribution in [2.45, 2.75) is 63.1 Å². The van der Waals surface area contributed by atoms with Crippen LogP contribution in [0.4, 0.5) is 0 Å². The second-order valence-corrected chi connectivity index (χ2v) is 7.96. The summed E-state index contributed by atoms with van der Waals surface area (Å²) in [4.78, 5) is 27.5. The Kier molecular flexibility index (Phi) is 4.65. The Hall–Kier alpha value is -1.66. The first-order valence-electron chi connectivity index (χ1n) is 9.85. The SMILES string of the molecule is Cn1c2c(cc(C(=O)N3CCC4(CC3)OCCC[C@H]4O)c1=O)CCCC2. The van der Waals surface area contributed by atoms with E-state index in [0.29, 0.717) is 32.5 Å². The van der Waals surface area contributed by atoms with Crippen molar-refractivity contribution < 1.29 is 14.6 Å². The molecule has 0 unspecified atom stereocenters. The lowest BCUT2D eigenvalue weighted by molar-refractivity contribution is -0.174. The number of fused-ring (bicyclic) bond motifs is 1. The smallest absolute Gasteiger partial charge is 0.263 e. The van der Waals surface area contributed by atoms with E-state index in [1.54, 1.807) is 16.5 Å². The zero-order valence-corrected chi connectivity index (χ0v) is 15.5. The Morgan fingerprint density at radius 1 is 1.23 bits per heavy atom. The molecule has 0 saturated carbocycles. The van der Waals surface area contributed by atoms with E-state index in [4.69, 9.17) is 4.74 Å². The minimum atomic E-state index is -0.504. The first kappa shape index (κ1) is 17.7. The quantitative estimate of drug-likeness (QED) is 0.822. The lowest BCUT2D eigenvalue weighted by atomic mass is 9.82. The fourth-order valence-electron chi connectivity index (χ4n) is 4.79. The highest BCUT2D eigenvalue weighted by Gasteiger charge is 2.44. The van der Waals surface area contributed by atoms with Crippen LogP contribution in [0.5, 0.6) is 0 Å². The van der Waals surface area contributed by atoms with Gasteiger partial charge in [0.15, 0.2) is 0 Å². The van der Waals surface area contributed by atoms with E-state index in [-0.39, 0.29) is 17.0 Å². The van der Waals surface area contributed by atoms with Gasteiger partial charge in [-0.15, -0.1) is 0 Å². The standard InChI is InChI=1S/C20H28N2O4/c1-21-16-6-3-2-5-14(16)13-15(18(21)24)19(25)22-10-8-20(9-11-22)17(23)7-4-12-26-20/h13,17,23H,2-12H2,1H3/t17-/m1/s1. The minimum Gasteiger partial charge on any atom is -0.390 e.